The Morgan fingerprint density at radius 1 is 1.04 bits per heavy atom. The van der Waals surface area contributed by atoms with Gasteiger partial charge in [-0.15, -0.1) is 0 Å². The quantitative estimate of drug-likeness (QED) is 0.940. The van der Waals surface area contributed by atoms with Gasteiger partial charge in [-0.25, -0.2) is 4.39 Å². The molecule has 0 unspecified atom stereocenters. The van der Waals surface area contributed by atoms with E-state index in [2.05, 4.69) is 5.32 Å². The molecule has 5 heteroatoms. The van der Waals surface area contributed by atoms with Crippen LogP contribution in [0.4, 0.5) is 15.8 Å². The van der Waals surface area contributed by atoms with Gasteiger partial charge in [-0.1, -0.05) is 30.3 Å². The molecule has 1 N–H and O–H groups in total. The number of nitrogens with one attached hydrogen (secondary N) is 1. The van der Waals surface area contributed by atoms with Crippen LogP contribution in [0.25, 0.3) is 0 Å². The summed E-state index contributed by atoms with van der Waals surface area (Å²) in [5, 5.41) is 2.50. The molecule has 0 aliphatic carbocycles. The van der Waals surface area contributed by atoms with Crippen LogP contribution < -0.4 is 10.2 Å². The normalized spacial score (nSPS) is 10.3. The van der Waals surface area contributed by atoms with Crippen LogP contribution >= 0.6 is 0 Å². The van der Waals surface area contributed by atoms with Crippen molar-refractivity contribution < 1.29 is 14.0 Å². The molecule has 2 aromatic carbocycles. The van der Waals surface area contributed by atoms with E-state index in [1.165, 1.54) is 24.0 Å². The van der Waals surface area contributed by atoms with Gasteiger partial charge in [0.2, 0.25) is 11.8 Å². The number of rotatable bonds is 4. The highest BCUT2D eigenvalue weighted by molar-refractivity contribution is 6.02. The molecule has 0 fully saturated rings. The fourth-order valence-electron chi connectivity index (χ4n) is 2.48. The van der Waals surface area contributed by atoms with E-state index < -0.39 is 11.7 Å². The summed E-state index contributed by atoms with van der Waals surface area (Å²) in [7, 11) is 0. The van der Waals surface area contributed by atoms with Gasteiger partial charge in [0.15, 0.2) is 0 Å². The van der Waals surface area contributed by atoms with Crippen LogP contribution in [-0.2, 0) is 9.59 Å². The van der Waals surface area contributed by atoms with Crippen molar-refractivity contribution in [3.8, 4) is 0 Å². The number of hydrogen-bond donors (Lipinski definition) is 1. The van der Waals surface area contributed by atoms with Crippen molar-refractivity contribution in [2.75, 3.05) is 16.8 Å². The van der Waals surface area contributed by atoms with Crippen LogP contribution in [0, 0.1) is 19.7 Å². The Morgan fingerprint density at radius 3 is 2.22 bits per heavy atom. The summed E-state index contributed by atoms with van der Waals surface area (Å²) in [5.41, 5.74) is 2.61. The summed E-state index contributed by atoms with van der Waals surface area (Å²) in [6.45, 7) is 5.00. The molecule has 0 saturated heterocycles. The zero-order valence-electron chi connectivity index (χ0n) is 13.4. The summed E-state index contributed by atoms with van der Waals surface area (Å²) >= 11 is 0. The number of carbonyl (C=O) groups is 2. The van der Waals surface area contributed by atoms with E-state index >= 15 is 0 Å². The van der Waals surface area contributed by atoms with E-state index in [1.807, 2.05) is 32.0 Å². The minimum Gasteiger partial charge on any atom is -0.322 e. The molecule has 0 aliphatic rings. The maximum absolute atomic E-state index is 13.6. The van der Waals surface area contributed by atoms with Gasteiger partial charge in [-0.3, -0.25) is 9.59 Å². The highest BCUT2D eigenvalue weighted by Gasteiger charge is 2.19. The number of nitrogens with zero attached hydrogens (tertiary/aromatic N) is 1. The Hall–Kier alpha value is -2.69. The number of anilines is 2. The highest BCUT2D eigenvalue weighted by Crippen LogP contribution is 2.24. The second-order valence-corrected chi connectivity index (χ2v) is 5.37. The summed E-state index contributed by atoms with van der Waals surface area (Å²) in [5.74, 6) is -1.21. The summed E-state index contributed by atoms with van der Waals surface area (Å²) in [6, 6.07) is 11.6. The fraction of sp³-hybridized carbons (Fsp3) is 0.222. The second-order valence-electron chi connectivity index (χ2n) is 5.37. The van der Waals surface area contributed by atoms with Gasteiger partial charge in [0.1, 0.15) is 12.4 Å². The Labute approximate surface area is 134 Å². The van der Waals surface area contributed by atoms with Crippen molar-refractivity contribution in [2.45, 2.75) is 20.8 Å². The van der Waals surface area contributed by atoms with Gasteiger partial charge in [0.05, 0.1) is 11.4 Å². The van der Waals surface area contributed by atoms with Crippen LogP contribution in [0.3, 0.4) is 0 Å². The number of halogens is 1. The molecule has 2 aromatic rings. The molecule has 0 aromatic heterocycles. The van der Waals surface area contributed by atoms with E-state index in [9.17, 15) is 14.0 Å². The number of amides is 2. The van der Waals surface area contributed by atoms with Gasteiger partial charge in [-0.2, -0.15) is 0 Å². The van der Waals surface area contributed by atoms with Gasteiger partial charge in [0, 0.05) is 6.92 Å². The van der Waals surface area contributed by atoms with Crippen molar-refractivity contribution in [3.63, 3.8) is 0 Å². The fourth-order valence-corrected chi connectivity index (χ4v) is 2.48. The maximum atomic E-state index is 13.6. The summed E-state index contributed by atoms with van der Waals surface area (Å²) < 4.78 is 13.6. The minimum absolute atomic E-state index is 0.0995. The third kappa shape index (κ3) is 3.94. The predicted octanol–water partition coefficient (Wildman–Crippen LogP) is 3.43. The number of hydrogen-bond acceptors (Lipinski definition) is 2. The standard InChI is InChI=1S/C18H19FN2O2/c1-12-7-6-8-13(2)18(12)21(14(3)22)11-17(23)20-16-10-5-4-9-15(16)19/h4-10H,11H2,1-3H3,(H,20,23). The Kier molecular flexibility index (Phi) is 5.11. The van der Waals surface area contributed by atoms with Crippen LogP contribution in [0.15, 0.2) is 42.5 Å². The SMILES string of the molecule is CC(=O)N(CC(=O)Nc1ccccc1F)c1c(C)cccc1C. The van der Waals surface area contributed by atoms with Gasteiger partial charge in [0.25, 0.3) is 0 Å². The highest BCUT2D eigenvalue weighted by atomic mass is 19.1. The third-order valence-electron chi connectivity index (χ3n) is 3.54. The Balaban J connectivity index is 2.22. The zero-order valence-corrected chi connectivity index (χ0v) is 13.4. The molecule has 0 saturated carbocycles. The molecule has 0 spiro atoms. The molecule has 4 nitrogen and oxygen atoms in total. The van der Waals surface area contributed by atoms with Gasteiger partial charge < -0.3 is 10.2 Å². The third-order valence-corrected chi connectivity index (χ3v) is 3.54. The number of aryl methyl sites for hydroxylation is 2. The molecule has 2 rings (SSSR count). The summed E-state index contributed by atoms with van der Waals surface area (Å²) in [6.07, 6.45) is 0. The van der Waals surface area contributed by atoms with Gasteiger partial charge >= 0.3 is 0 Å². The van der Waals surface area contributed by atoms with Crippen molar-refractivity contribution in [1.82, 2.24) is 0 Å². The molecule has 0 bridgehead atoms. The van der Waals surface area contributed by atoms with Crippen LogP contribution in [-0.4, -0.2) is 18.4 Å². The predicted molar refractivity (Wildman–Crippen MR) is 89.0 cm³/mol. The molecule has 0 radical (unpaired) electrons. The first-order valence-corrected chi connectivity index (χ1v) is 7.29. The van der Waals surface area contributed by atoms with Crippen molar-refractivity contribution in [3.05, 3.63) is 59.4 Å². The maximum Gasteiger partial charge on any atom is 0.244 e. The van der Waals surface area contributed by atoms with E-state index in [1.54, 1.807) is 12.1 Å². The lowest BCUT2D eigenvalue weighted by Crippen LogP contribution is -2.37. The number of para-hydroxylation sites is 2. The smallest absolute Gasteiger partial charge is 0.244 e. The lowest BCUT2D eigenvalue weighted by Gasteiger charge is -2.24. The number of benzene rings is 2. The molecule has 120 valence electrons. The molecule has 0 heterocycles. The molecular weight excluding hydrogens is 295 g/mol. The van der Waals surface area contributed by atoms with Crippen molar-refractivity contribution in [2.24, 2.45) is 0 Å². The first-order chi connectivity index (χ1) is 10.9. The lowest BCUT2D eigenvalue weighted by atomic mass is 10.1. The van der Waals surface area contributed by atoms with Crippen LogP contribution in [0.1, 0.15) is 18.1 Å². The summed E-state index contributed by atoms with van der Waals surface area (Å²) in [4.78, 5) is 25.6. The van der Waals surface area contributed by atoms with Crippen molar-refractivity contribution >= 4 is 23.2 Å². The molecular formula is C18H19FN2O2. The monoisotopic (exact) mass is 314 g/mol. The van der Waals surface area contributed by atoms with Crippen LogP contribution in [0.2, 0.25) is 0 Å². The van der Waals surface area contributed by atoms with E-state index in [4.69, 9.17) is 0 Å². The molecule has 0 aliphatic heterocycles. The zero-order chi connectivity index (χ0) is 17.0. The topological polar surface area (TPSA) is 49.4 Å². The molecule has 0 atom stereocenters. The van der Waals surface area contributed by atoms with E-state index in [0.717, 1.165) is 11.1 Å². The average molecular weight is 314 g/mol. The van der Waals surface area contributed by atoms with Crippen LogP contribution in [0.5, 0.6) is 0 Å². The first kappa shape index (κ1) is 16.7. The minimum atomic E-state index is -0.512. The van der Waals surface area contributed by atoms with E-state index in [0.29, 0.717) is 5.69 Å². The van der Waals surface area contributed by atoms with E-state index in [-0.39, 0.29) is 18.1 Å². The largest absolute Gasteiger partial charge is 0.322 e. The molecule has 23 heavy (non-hydrogen) atoms. The molecule has 2 amide bonds. The second kappa shape index (κ2) is 7.05. The number of carbonyl (C=O) groups excluding carboxylic acids is 2. The van der Waals surface area contributed by atoms with Gasteiger partial charge in [-0.05, 0) is 37.1 Å². The Bertz CT molecular complexity index is 723. The lowest BCUT2D eigenvalue weighted by molar-refractivity contribution is -0.120. The first-order valence-electron chi connectivity index (χ1n) is 7.29. The van der Waals surface area contributed by atoms with Crippen molar-refractivity contribution in [1.29, 1.82) is 0 Å². The Morgan fingerprint density at radius 2 is 1.65 bits per heavy atom. The average Bonchev–Trinajstić information content (AvgIpc) is 2.48.